The Hall–Kier alpha value is -3.13. The van der Waals surface area contributed by atoms with Crippen LogP contribution in [0.4, 0.5) is 5.69 Å². The molecule has 0 aromatic heterocycles. The first-order chi connectivity index (χ1) is 11.4. The maximum atomic E-state index is 12.1. The molecule has 5 heteroatoms. The molecular weight excluding hydrogens is 302 g/mol. The Balaban J connectivity index is 1.98. The van der Waals surface area contributed by atoms with Crippen LogP contribution in [0.5, 0.6) is 0 Å². The highest BCUT2D eigenvalue weighted by Gasteiger charge is 2.11. The maximum absolute atomic E-state index is 12.1. The highest BCUT2D eigenvalue weighted by atomic mass is 16.2. The molecular formula is C19H19N3O2. The molecule has 0 bridgehead atoms. The third-order valence-electron chi connectivity index (χ3n) is 3.60. The number of benzene rings is 2. The lowest BCUT2D eigenvalue weighted by atomic mass is 10.1. The van der Waals surface area contributed by atoms with Gasteiger partial charge in [0.05, 0.1) is 18.2 Å². The first-order valence-electron chi connectivity index (χ1n) is 7.57. The molecule has 0 aliphatic heterocycles. The first-order valence-corrected chi connectivity index (χ1v) is 7.57. The van der Waals surface area contributed by atoms with Gasteiger partial charge in [-0.2, -0.15) is 5.26 Å². The van der Waals surface area contributed by atoms with Crippen LogP contribution in [0.2, 0.25) is 0 Å². The van der Waals surface area contributed by atoms with E-state index >= 15 is 0 Å². The zero-order valence-corrected chi connectivity index (χ0v) is 13.9. The van der Waals surface area contributed by atoms with E-state index in [2.05, 4.69) is 10.6 Å². The van der Waals surface area contributed by atoms with Gasteiger partial charge in [-0.3, -0.25) is 9.59 Å². The number of hydrogen-bond donors (Lipinski definition) is 2. The summed E-state index contributed by atoms with van der Waals surface area (Å²) in [4.78, 5) is 24.1. The molecule has 0 aliphatic carbocycles. The highest BCUT2D eigenvalue weighted by Crippen LogP contribution is 2.21. The van der Waals surface area contributed by atoms with Crippen LogP contribution in [-0.4, -0.2) is 18.4 Å². The van der Waals surface area contributed by atoms with E-state index in [1.165, 1.54) is 6.07 Å². The van der Waals surface area contributed by atoms with Crippen LogP contribution in [0.25, 0.3) is 0 Å². The Labute approximate surface area is 141 Å². The second-order valence-corrected chi connectivity index (χ2v) is 5.70. The summed E-state index contributed by atoms with van der Waals surface area (Å²) < 4.78 is 0. The van der Waals surface area contributed by atoms with Crippen LogP contribution < -0.4 is 10.6 Å². The van der Waals surface area contributed by atoms with E-state index in [4.69, 9.17) is 5.26 Å². The van der Waals surface area contributed by atoms with Gasteiger partial charge >= 0.3 is 0 Å². The predicted molar refractivity (Wildman–Crippen MR) is 92.8 cm³/mol. The SMILES string of the molecule is Cc1cc(C)c(NC(=O)CNC(=O)c2cccc(C#N)c2)c(C)c1. The molecule has 0 fully saturated rings. The van der Waals surface area contributed by atoms with Crippen molar-refractivity contribution in [3.05, 3.63) is 64.2 Å². The lowest BCUT2D eigenvalue weighted by molar-refractivity contribution is -0.115. The zero-order chi connectivity index (χ0) is 17.7. The van der Waals surface area contributed by atoms with Crippen molar-refractivity contribution >= 4 is 17.5 Å². The minimum Gasteiger partial charge on any atom is -0.343 e. The van der Waals surface area contributed by atoms with Crippen LogP contribution >= 0.6 is 0 Å². The number of aryl methyl sites for hydroxylation is 3. The van der Waals surface area contributed by atoms with Crippen molar-refractivity contribution in [2.75, 3.05) is 11.9 Å². The van der Waals surface area contributed by atoms with Crippen LogP contribution in [0, 0.1) is 32.1 Å². The van der Waals surface area contributed by atoms with Gasteiger partial charge in [-0.05, 0) is 50.1 Å². The summed E-state index contributed by atoms with van der Waals surface area (Å²) in [7, 11) is 0. The molecule has 2 rings (SSSR count). The van der Waals surface area contributed by atoms with Gasteiger partial charge < -0.3 is 10.6 Å². The zero-order valence-electron chi connectivity index (χ0n) is 13.9. The van der Waals surface area contributed by atoms with E-state index in [9.17, 15) is 9.59 Å². The molecule has 0 saturated carbocycles. The minimum absolute atomic E-state index is 0.137. The Morgan fingerprint density at radius 3 is 2.38 bits per heavy atom. The molecule has 2 aromatic rings. The van der Waals surface area contributed by atoms with E-state index in [-0.39, 0.29) is 18.4 Å². The Kier molecular flexibility index (Phi) is 5.33. The number of nitrogens with one attached hydrogen (secondary N) is 2. The Morgan fingerprint density at radius 2 is 1.75 bits per heavy atom. The van der Waals surface area contributed by atoms with Gasteiger partial charge in [0.25, 0.3) is 5.91 Å². The van der Waals surface area contributed by atoms with Crippen LogP contribution in [0.15, 0.2) is 36.4 Å². The van der Waals surface area contributed by atoms with Gasteiger partial charge in [0.1, 0.15) is 0 Å². The van der Waals surface area contributed by atoms with Gasteiger partial charge in [0, 0.05) is 11.3 Å². The number of hydrogen-bond acceptors (Lipinski definition) is 3. The molecule has 0 spiro atoms. The molecule has 0 radical (unpaired) electrons. The molecule has 0 unspecified atom stereocenters. The molecule has 5 nitrogen and oxygen atoms in total. The van der Waals surface area contributed by atoms with E-state index in [1.54, 1.807) is 18.2 Å². The molecule has 122 valence electrons. The minimum atomic E-state index is -0.389. The molecule has 2 amide bonds. The van der Waals surface area contributed by atoms with Crippen molar-refractivity contribution < 1.29 is 9.59 Å². The second-order valence-electron chi connectivity index (χ2n) is 5.70. The second kappa shape index (κ2) is 7.42. The molecule has 0 atom stereocenters. The highest BCUT2D eigenvalue weighted by molar-refractivity contribution is 6.00. The van der Waals surface area contributed by atoms with Crippen molar-refractivity contribution in [1.82, 2.24) is 5.32 Å². The van der Waals surface area contributed by atoms with Crippen LogP contribution in [0.1, 0.15) is 32.6 Å². The maximum Gasteiger partial charge on any atom is 0.251 e. The third-order valence-corrected chi connectivity index (χ3v) is 3.60. The van der Waals surface area contributed by atoms with Gasteiger partial charge in [0.15, 0.2) is 0 Å². The smallest absolute Gasteiger partial charge is 0.251 e. The van der Waals surface area contributed by atoms with E-state index in [0.717, 1.165) is 22.4 Å². The monoisotopic (exact) mass is 321 g/mol. The number of amides is 2. The number of rotatable bonds is 4. The summed E-state index contributed by atoms with van der Waals surface area (Å²) in [5.74, 6) is -0.686. The van der Waals surface area contributed by atoms with Crippen molar-refractivity contribution in [3.63, 3.8) is 0 Å². The van der Waals surface area contributed by atoms with E-state index in [1.807, 2.05) is 39.0 Å². The molecule has 0 aliphatic rings. The normalized spacial score (nSPS) is 9.92. The van der Waals surface area contributed by atoms with Crippen LogP contribution in [-0.2, 0) is 4.79 Å². The number of carbonyl (C=O) groups is 2. The van der Waals surface area contributed by atoms with Crippen molar-refractivity contribution in [3.8, 4) is 6.07 Å². The summed E-state index contributed by atoms with van der Waals surface area (Å²) >= 11 is 0. The quantitative estimate of drug-likeness (QED) is 0.908. The van der Waals surface area contributed by atoms with Gasteiger partial charge in [0.2, 0.25) is 5.91 Å². The predicted octanol–water partition coefficient (Wildman–Crippen LogP) is 2.85. The topological polar surface area (TPSA) is 82.0 Å². The van der Waals surface area contributed by atoms with Crippen molar-refractivity contribution in [1.29, 1.82) is 5.26 Å². The van der Waals surface area contributed by atoms with Crippen molar-refractivity contribution in [2.24, 2.45) is 0 Å². The average molecular weight is 321 g/mol. The Morgan fingerprint density at radius 1 is 1.08 bits per heavy atom. The average Bonchev–Trinajstić information content (AvgIpc) is 2.56. The number of anilines is 1. The lowest BCUT2D eigenvalue weighted by Gasteiger charge is -2.13. The first kappa shape index (κ1) is 17.2. The fourth-order valence-electron chi connectivity index (χ4n) is 2.55. The Bertz CT molecular complexity index is 812. The molecule has 2 N–H and O–H groups in total. The summed E-state index contributed by atoms with van der Waals surface area (Å²) in [5.41, 5.74) is 4.62. The molecule has 0 heterocycles. The summed E-state index contributed by atoms with van der Waals surface area (Å²) in [6.07, 6.45) is 0. The van der Waals surface area contributed by atoms with Crippen LogP contribution in [0.3, 0.4) is 0 Å². The van der Waals surface area contributed by atoms with Crippen molar-refractivity contribution in [2.45, 2.75) is 20.8 Å². The number of carbonyl (C=O) groups excluding carboxylic acids is 2. The summed E-state index contributed by atoms with van der Waals surface area (Å²) in [5, 5.41) is 14.2. The fraction of sp³-hybridized carbons (Fsp3) is 0.211. The third kappa shape index (κ3) is 4.20. The van der Waals surface area contributed by atoms with Gasteiger partial charge in [-0.1, -0.05) is 23.8 Å². The molecule has 24 heavy (non-hydrogen) atoms. The number of nitrogens with zero attached hydrogens (tertiary/aromatic N) is 1. The number of nitriles is 1. The van der Waals surface area contributed by atoms with E-state index in [0.29, 0.717) is 11.1 Å². The van der Waals surface area contributed by atoms with Gasteiger partial charge in [-0.15, -0.1) is 0 Å². The standard InChI is InChI=1S/C19H19N3O2/c1-12-7-13(2)18(14(3)8-12)22-17(23)11-21-19(24)16-6-4-5-15(9-16)10-20/h4-9H,11H2,1-3H3,(H,21,24)(H,22,23). The van der Waals surface area contributed by atoms with E-state index < -0.39 is 0 Å². The lowest BCUT2D eigenvalue weighted by Crippen LogP contribution is -2.33. The van der Waals surface area contributed by atoms with Gasteiger partial charge in [-0.25, -0.2) is 0 Å². The fourth-order valence-corrected chi connectivity index (χ4v) is 2.55. The molecule has 0 saturated heterocycles. The summed E-state index contributed by atoms with van der Waals surface area (Å²) in [6.45, 7) is 5.73. The largest absolute Gasteiger partial charge is 0.343 e. The summed E-state index contributed by atoms with van der Waals surface area (Å²) in [6, 6.07) is 12.3. The molecule has 2 aromatic carbocycles.